The third-order valence-corrected chi connectivity index (χ3v) is 3.21. The van der Waals surface area contributed by atoms with Crippen LogP contribution >= 0.6 is 15.9 Å². The van der Waals surface area contributed by atoms with E-state index in [2.05, 4.69) is 15.9 Å². The van der Waals surface area contributed by atoms with Gasteiger partial charge in [-0.2, -0.15) is 0 Å². The molecule has 1 aromatic heterocycles. The highest BCUT2D eigenvalue weighted by Gasteiger charge is 2.19. The molecule has 2 aromatic rings. The van der Waals surface area contributed by atoms with Crippen molar-refractivity contribution in [3.8, 4) is 0 Å². The Morgan fingerprint density at radius 2 is 2.24 bits per heavy atom. The molecular formula is C13H13BrO3. The number of hydrogen-bond donors (Lipinski definition) is 0. The second-order valence-electron chi connectivity index (χ2n) is 3.72. The smallest absolute Gasteiger partial charge is 0.342 e. The summed E-state index contributed by atoms with van der Waals surface area (Å²) in [6.45, 7) is 3.93. The van der Waals surface area contributed by atoms with Crippen LogP contribution in [-0.4, -0.2) is 12.6 Å². The van der Waals surface area contributed by atoms with Crippen LogP contribution in [0.15, 0.2) is 22.6 Å². The number of hydrogen-bond acceptors (Lipinski definition) is 3. The van der Waals surface area contributed by atoms with Crippen LogP contribution in [0.1, 0.15) is 28.6 Å². The molecule has 0 aliphatic rings. The fraction of sp³-hybridized carbons (Fsp3) is 0.308. The number of halogens is 1. The lowest BCUT2D eigenvalue weighted by molar-refractivity contribution is 0.0526. The van der Waals surface area contributed by atoms with E-state index in [0.29, 0.717) is 17.9 Å². The number of benzene rings is 1. The van der Waals surface area contributed by atoms with Crippen molar-refractivity contribution in [3.63, 3.8) is 0 Å². The number of carbonyl (C=O) groups is 1. The van der Waals surface area contributed by atoms with E-state index < -0.39 is 0 Å². The number of carbonyl (C=O) groups excluding carboxylic acids is 1. The van der Waals surface area contributed by atoms with Gasteiger partial charge >= 0.3 is 5.97 Å². The van der Waals surface area contributed by atoms with Gasteiger partial charge in [0.2, 0.25) is 0 Å². The van der Waals surface area contributed by atoms with Crippen LogP contribution in [0.4, 0.5) is 0 Å². The summed E-state index contributed by atoms with van der Waals surface area (Å²) in [5.41, 5.74) is 2.35. The summed E-state index contributed by atoms with van der Waals surface area (Å²) in [4.78, 5) is 11.8. The van der Waals surface area contributed by atoms with Crippen LogP contribution in [0, 0.1) is 6.92 Å². The van der Waals surface area contributed by atoms with Gasteiger partial charge in [-0.15, -0.1) is 0 Å². The molecule has 1 heterocycles. The highest BCUT2D eigenvalue weighted by Crippen LogP contribution is 2.27. The van der Waals surface area contributed by atoms with E-state index in [1.807, 2.05) is 18.2 Å². The van der Waals surface area contributed by atoms with E-state index in [1.54, 1.807) is 13.8 Å². The summed E-state index contributed by atoms with van der Waals surface area (Å²) in [5, 5.41) is 1.56. The Labute approximate surface area is 108 Å². The highest BCUT2D eigenvalue weighted by atomic mass is 79.9. The Kier molecular flexibility index (Phi) is 3.52. The molecule has 2 rings (SSSR count). The lowest BCUT2D eigenvalue weighted by atomic mass is 10.1. The minimum atomic E-state index is -0.324. The summed E-state index contributed by atoms with van der Waals surface area (Å²) in [6.07, 6.45) is 0. The first-order valence-corrected chi connectivity index (χ1v) is 6.54. The lowest BCUT2D eigenvalue weighted by Gasteiger charge is -2.01. The molecule has 0 unspecified atom stereocenters. The molecule has 90 valence electrons. The van der Waals surface area contributed by atoms with Crippen molar-refractivity contribution in [1.29, 1.82) is 0 Å². The molecule has 0 amide bonds. The zero-order valence-electron chi connectivity index (χ0n) is 9.75. The van der Waals surface area contributed by atoms with E-state index in [4.69, 9.17) is 9.15 Å². The van der Waals surface area contributed by atoms with E-state index in [0.717, 1.165) is 21.9 Å². The van der Waals surface area contributed by atoms with Gasteiger partial charge in [0.25, 0.3) is 0 Å². The van der Waals surface area contributed by atoms with Gasteiger partial charge in [0, 0.05) is 10.7 Å². The normalized spacial score (nSPS) is 10.8. The van der Waals surface area contributed by atoms with Gasteiger partial charge in [-0.25, -0.2) is 4.79 Å². The average Bonchev–Trinajstić information content (AvgIpc) is 2.64. The molecule has 0 saturated carbocycles. The molecule has 3 nitrogen and oxygen atoms in total. The first kappa shape index (κ1) is 12.2. The van der Waals surface area contributed by atoms with Crippen molar-refractivity contribution in [1.82, 2.24) is 0 Å². The molecule has 0 fully saturated rings. The molecule has 0 aliphatic heterocycles. The number of rotatable bonds is 3. The van der Waals surface area contributed by atoms with Gasteiger partial charge in [0.05, 0.1) is 6.61 Å². The van der Waals surface area contributed by atoms with Crippen molar-refractivity contribution in [2.24, 2.45) is 0 Å². The monoisotopic (exact) mass is 296 g/mol. The molecule has 1 aromatic carbocycles. The lowest BCUT2D eigenvalue weighted by Crippen LogP contribution is -2.05. The fourth-order valence-electron chi connectivity index (χ4n) is 1.81. The number of esters is 1. The minimum absolute atomic E-state index is 0.324. The Hall–Kier alpha value is -1.29. The zero-order chi connectivity index (χ0) is 12.4. The van der Waals surface area contributed by atoms with E-state index >= 15 is 0 Å². The van der Waals surface area contributed by atoms with E-state index in [-0.39, 0.29) is 5.97 Å². The van der Waals surface area contributed by atoms with Crippen LogP contribution in [0.3, 0.4) is 0 Å². The van der Waals surface area contributed by atoms with Gasteiger partial charge in [0.1, 0.15) is 16.9 Å². The molecule has 0 saturated heterocycles. The summed E-state index contributed by atoms with van der Waals surface area (Å²) in [5.74, 6) is 0.278. The van der Waals surface area contributed by atoms with Crippen LogP contribution < -0.4 is 0 Å². The van der Waals surface area contributed by atoms with Crippen molar-refractivity contribution in [3.05, 3.63) is 35.1 Å². The maximum absolute atomic E-state index is 11.8. The Bertz CT molecular complexity index is 557. The number of furan rings is 1. The van der Waals surface area contributed by atoms with Gasteiger partial charge in [0.15, 0.2) is 0 Å². The average molecular weight is 297 g/mol. The quantitative estimate of drug-likeness (QED) is 0.639. The predicted octanol–water partition coefficient (Wildman–Crippen LogP) is 3.81. The number of aryl methyl sites for hydroxylation is 1. The van der Waals surface area contributed by atoms with Crippen molar-refractivity contribution >= 4 is 32.9 Å². The topological polar surface area (TPSA) is 39.4 Å². The standard InChI is InChI=1S/C13H13BrO3/c1-3-16-13(15)12-8(2)17-11-5-4-9(7-14)6-10(11)12/h4-6H,3,7H2,1-2H3. The van der Waals surface area contributed by atoms with Crippen LogP contribution in [0.25, 0.3) is 11.0 Å². The third-order valence-electron chi connectivity index (χ3n) is 2.56. The minimum Gasteiger partial charge on any atom is -0.462 e. The van der Waals surface area contributed by atoms with Gasteiger partial charge in [-0.05, 0) is 31.5 Å². The van der Waals surface area contributed by atoms with Crippen molar-refractivity contribution < 1.29 is 13.9 Å². The first-order chi connectivity index (χ1) is 8.17. The number of fused-ring (bicyclic) bond motifs is 1. The molecule has 0 spiro atoms. The molecule has 0 bridgehead atoms. The van der Waals surface area contributed by atoms with E-state index in [9.17, 15) is 4.79 Å². The van der Waals surface area contributed by atoms with Gasteiger partial charge in [-0.1, -0.05) is 22.0 Å². The molecule has 0 radical (unpaired) electrons. The molecule has 0 N–H and O–H groups in total. The van der Waals surface area contributed by atoms with Crippen molar-refractivity contribution in [2.75, 3.05) is 6.61 Å². The Morgan fingerprint density at radius 1 is 1.47 bits per heavy atom. The van der Waals surface area contributed by atoms with E-state index in [1.165, 1.54) is 0 Å². The van der Waals surface area contributed by atoms with Crippen LogP contribution in [0.5, 0.6) is 0 Å². The van der Waals surface area contributed by atoms with Gasteiger partial charge in [-0.3, -0.25) is 0 Å². The highest BCUT2D eigenvalue weighted by molar-refractivity contribution is 9.08. The number of alkyl halides is 1. The summed E-state index contributed by atoms with van der Waals surface area (Å²) < 4.78 is 10.6. The first-order valence-electron chi connectivity index (χ1n) is 5.42. The molecular weight excluding hydrogens is 284 g/mol. The summed E-state index contributed by atoms with van der Waals surface area (Å²) in [6, 6.07) is 5.80. The second kappa shape index (κ2) is 4.92. The third kappa shape index (κ3) is 2.22. The Morgan fingerprint density at radius 3 is 2.88 bits per heavy atom. The van der Waals surface area contributed by atoms with Crippen LogP contribution in [0.2, 0.25) is 0 Å². The summed E-state index contributed by atoms with van der Waals surface area (Å²) in [7, 11) is 0. The SMILES string of the molecule is CCOC(=O)c1c(C)oc2ccc(CBr)cc12. The second-order valence-corrected chi connectivity index (χ2v) is 4.28. The zero-order valence-corrected chi connectivity index (χ0v) is 11.3. The Balaban J connectivity index is 2.60. The number of ether oxygens (including phenoxy) is 1. The molecule has 17 heavy (non-hydrogen) atoms. The summed E-state index contributed by atoms with van der Waals surface area (Å²) >= 11 is 3.40. The molecule has 0 aliphatic carbocycles. The van der Waals surface area contributed by atoms with Crippen LogP contribution in [-0.2, 0) is 10.1 Å². The maximum Gasteiger partial charge on any atom is 0.342 e. The molecule has 4 heteroatoms. The fourth-order valence-corrected chi connectivity index (χ4v) is 2.16. The largest absolute Gasteiger partial charge is 0.462 e. The predicted molar refractivity (Wildman–Crippen MR) is 69.5 cm³/mol. The maximum atomic E-state index is 11.8. The van der Waals surface area contributed by atoms with Gasteiger partial charge < -0.3 is 9.15 Å². The van der Waals surface area contributed by atoms with Crippen molar-refractivity contribution in [2.45, 2.75) is 19.2 Å². The molecule has 0 atom stereocenters.